The zero-order valence-corrected chi connectivity index (χ0v) is 37.4. The van der Waals surface area contributed by atoms with Crippen LogP contribution in [0.5, 0.6) is 0 Å². The normalized spacial score (nSPS) is 12.1. The second kappa shape index (κ2) is 14.2. The van der Waals surface area contributed by atoms with Gasteiger partial charge in [-0.3, -0.25) is 0 Å². The lowest BCUT2D eigenvalue weighted by Gasteiger charge is -2.26. The first-order valence-electron chi connectivity index (χ1n) is 21.5. The van der Waals surface area contributed by atoms with E-state index in [0.717, 1.165) is 22.7 Å². The van der Waals surface area contributed by atoms with E-state index in [1.165, 1.54) is 103 Å². The molecule has 0 saturated heterocycles. The van der Waals surface area contributed by atoms with Crippen molar-refractivity contribution in [3.8, 4) is 0 Å². The lowest BCUT2D eigenvalue weighted by molar-refractivity contribution is 1.31. The van der Waals surface area contributed by atoms with Crippen LogP contribution in [0.1, 0.15) is 0 Å². The summed E-state index contributed by atoms with van der Waals surface area (Å²) in [5.74, 6) is 0. The Balaban J connectivity index is 0.883. The van der Waals surface area contributed by atoms with Crippen molar-refractivity contribution in [3.63, 3.8) is 0 Å². The fraction of sp³-hybridized carbons (Fsp3) is 0. The van der Waals surface area contributed by atoms with Gasteiger partial charge in [0.1, 0.15) is 0 Å². The van der Waals surface area contributed by atoms with Gasteiger partial charge in [0.05, 0.1) is 20.8 Å². The van der Waals surface area contributed by atoms with Crippen molar-refractivity contribution in [3.05, 3.63) is 206 Å². The van der Waals surface area contributed by atoms with Gasteiger partial charge < -0.3 is 9.80 Å². The Morgan fingerprint density at radius 2 is 0.625 bits per heavy atom. The summed E-state index contributed by atoms with van der Waals surface area (Å²) in [6.45, 7) is 0. The molecule has 0 unspecified atom stereocenters. The van der Waals surface area contributed by atoms with Gasteiger partial charge in [-0.05, 0) is 108 Å². The van der Waals surface area contributed by atoms with Crippen molar-refractivity contribution in [1.29, 1.82) is 0 Å². The van der Waals surface area contributed by atoms with Crippen LogP contribution in [-0.2, 0) is 0 Å². The minimum absolute atomic E-state index is 1.15. The van der Waals surface area contributed by atoms with Crippen LogP contribution < -0.4 is 9.80 Å². The maximum absolute atomic E-state index is 2.44. The quantitative estimate of drug-likeness (QED) is 0.164. The smallest absolute Gasteiger partial charge is 0.0640 e. The van der Waals surface area contributed by atoms with Gasteiger partial charge in [0.25, 0.3) is 0 Å². The molecule has 0 saturated carbocycles. The Hall–Kier alpha value is -7.06. The van der Waals surface area contributed by atoms with Crippen LogP contribution in [-0.4, -0.2) is 0 Å². The van der Waals surface area contributed by atoms with Crippen molar-refractivity contribution in [2.75, 3.05) is 9.80 Å². The third-order valence-corrected chi connectivity index (χ3v) is 17.4. The molecule has 64 heavy (non-hydrogen) atoms. The molecule has 0 aliphatic carbocycles. The first kappa shape index (κ1) is 36.4. The highest BCUT2D eigenvalue weighted by Crippen LogP contribution is 2.49. The number of anilines is 6. The molecule has 0 atom stereocenters. The predicted octanol–water partition coefficient (Wildman–Crippen LogP) is 19.3. The van der Waals surface area contributed by atoms with E-state index in [4.69, 9.17) is 0 Å². The summed E-state index contributed by atoms with van der Waals surface area (Å²) in [7, 11) is 0. The molecule has 0 aliphatic heterocycles. The second-order valence-corrected chi connectivity index (χ2v) is 20.7. The van der Waals surface area contributed by atoms with Crippen LogP contribution in [0, 0.1) is 0 Å². The zero-order chi connectivity index (χ0) is 41.9. The van der Waals surface area contributed by atoms with Gasteiger partial charge in [0, 0.05) is 94.0 Å². The topological polar surface area (TPSA) is 6.48 Å². The van der Waals surface area contributed by atoms with Gasteiger partial charge in [-0.1, -0.05) is 109 Å². The molecule has 14 aromatic rings. The Morgan fingerprint density at radius 1 is 0.234 bits per heavy atom. The van der Waals surface area contributed by atoms with Gasteiger partial charge in [-0.25, -0.2) is 0 Å². The molecule has 10 aromatic carbocycles. The maximum Gasteiger partial charge on any atom is 0.0640 e. The van der Waals surface area contributed by atoms with E-state index in [0.29, 0.717) is 0 Å². The van der Waals surface area contributed by atoms with E-state index in [9.17, 15) is 0 Å². The van der Waals surface area contributed by atoms with Crippen LogP contribution in [0.15, 0.2) is 206 Å². The van der Waals surface area contributed by atoms with Crippen molar-refractivity contribution in [2.45, 2.75) is 0 Å². The molecule has 2 nitrogen and oxygen atoms in total. The summed E-state index contributed by atoms with van der Waals surface area (Å²) in [6, 6.07) is 76.4. The summed E-state index contributed by atoms with van der Waals surface area (Å²) < 4.78 is 10.4. The zero-order valence-electron chi connectivity index (χ0n) is 34.2. The third-order valence-electron chi connectivity index (χ3n) is 12.8. The molecule has 0 amide bonds. The van der Waals surface area contributed by atoms with Crippen molar-refractivity contribution in [1.82, 2.24) is 0 Å². The fourth-order valence-corrected chi connectivity index (χ4v) is 14.6. The molecular formula is C58H34N2S4. The first-order valence-corrected chi connectivity index (χ1v) is 24.7. The molecule has 300 valence electrons. The lowest BCUT2D eigenvalue weighted by atomic mass is 10.0. The van der Waals surface area contributed by atoms with E-state index in [1.54, 1.807) is 0 Å². The highest BCUT2D eigenvalue weighted by molar-refractivity contribution is 7.27. The van der Waals surface area contributed by atoms with E-state index in [1.807, 2.05) is 45.3 Å². The molecule has 6 heteroatoms. The Labute approximate surface area is 384 Å². The standard InChI is InChI=1S/C58H34N2S4/c1-3-13-37(14-4-1)59(49-21-11-19-45-41-17-7-9-23-51(41)63-57(45)49)39-25-27-43-47-29-35-32-54-48(30-36(35)31-53(47)61-55(43)33-39)44-28-26-40(34-56(44)62-54)60(38-15-5-2-6-16-38)50-22-12-20-46-42-18-8-10-24-52(42)64-58(46)50/h1-34H. The number of fused-ring (bicyclic) bond motifs is 13. The highest BCUT2D eigenvalue weighted by atomic mass is 32.1. The number of nitrogens with zero attached hydrogens (tertiary/aromatic N) is 2. The average Bonchev–Trinajstić information content (AvgIpc) is 4.11. The number of benzene rings is 10. The summed E-state index contributed by atoms with van der Waals surface area (Å²) in [6.07, 6.45) is 0. The van der Waals surface area contributed by atoms with Crippen LogP contribution in [0.4, 0.5) is 34.1 Å². The van der Waals surface area contributed by atoms with Crippen LogP contribution in [0.3, 0.4) is 0 Å². The molecule has 0 N–H and O–H groups in total. The predicted molar refractivity (Wildman–Crippen MR) is 285 cm³/mol. The van der Waals surface area contributed by atoms with Crippen molar-refractivity contribution < 1.29 is 0 Å². The monoisotopic (exact) mass is 886 g/mol. The highest BCUT2D eigenvalue weighted by Gasteiger charge is 2.21. The van der Waals surface area contributed by atoms with Crippen molar-refractivity contribution >= 4 is 171 Å². The summed E-state index contributed by atoms with van der Waals surface area (Å²) in [4.78, 5) is 4.87. The van der Waals surface area contributed by atoms with Gasteiger partial charge in [-0.15, -0.1) is 45.3 Å². The molecule has 4 aromatic heterocycles. The van der Waals surface area contributed by atoms with Gasteiger partial charge >= 0.3 is 0 Å². The van der Waals surface area contributed by atoms with E-state index < -0.39 is 0 Å². The first-order chi connectivity index (χ1) is 31.7. The van der Waals surface area contributed by atoms with E-state index in [-0.39, 0.29) is 0 Å². The lowest BCUT2D eigenvalue weighted by Crippen LogP contribution is -2.09. The SMILES string of the molecule is c1ccc(N(c2ccc3c(c2)sc2cc4cc5c(cc4cc23)sc2cc(N(c3ccccc3)c3cccc4c3sc3ccccc34)ccc25)c2cccc3c2sc2ccccc23)cc1. The molecule has 0 fully saturated rings. The van der Waals surface area contributed by atoms with E-state index >= 15 is 0 Å². The maximum atomic E-state index is 2.44. The van der Waals surface area contributed by atoms with E-state index in [2.05, 4.69) is 216 Å². The number of rotatable bonds is 6. The number of hydrogen-bond acceptors (Lipinski definition) is 6. The third kappa shape index (κ3) is 5.60. The molecule has 0 aliphatic rings. The molecule has 4 heterocycles. The molecule has 0 radical (unpaired) electrons. The molecular weight excluding hydrogens is 853 g/mol. The minimum Gasteiger partial charge on any atom is -0.309 e. The Kier molecular flexibility index (Phi) is 8.10. The van der Waals surface area contributed by atoms with Crippen molar-refractivity contribution in [2.24, 2.45) is 0 Å². The molecule has 0 bridgehead atoms. The second-order valence-electron chi connectivity index (χ2n) is 16.5. The van der Waals surface area contributed by atoms with Crippen LogP contribution >= 0.6 is 45.3 Å². The van der Waals surface area contributed by atoms with Crippen LogP contribution in [0.2, 0.25) is 0 Å². The largest absolute Gasteiger partial charge is 0.309 e. The Bertz CT molecular complexity index is 3890. The molecule has 0 spiro atoms. The molecule has 14 rings (SSSR count). The average molecular weight is 887 g/mol. The Morgan fingerprint density at radius 3 is 1.09 bits per heavy atom. The number of para-hydroxylation sites is 2. The summed E-state index contributed by atoms with van der Waals surface area (Å²) in [5.41, 5.74) is 7.04. The number of hydrogen-bond donors (Lipinski definition) is 0. The minimum atomic E-state index is 1.15. The fourth-order valence-electron chi connectivity index (χ4n) is 9.87. The van der Waals surface area contributed by atoms with Gasteiger partial charge in [0.15, 0.2) is 0 Å². The van der Waals surface area contributed by atoms with Crippen LogP contribution in [0.25, 0.3) is 91.5 Å². The summed E-state index contributed by atoms with van der Waals surface area (Å²) in [5, 5.41) is 13.0. The van der Waals surface area contributed by atoms with Gasteiger partial charge in [0.2, 0.25) is 0 Å². The van der Waals surface area contributed by atoms with Gasteiger partial charge in [-0.2, -0.15) is 0 Å². The summed E-state index contributed by atoms with van der Waals surface area (Å²) >= 11 is 7.54. The number of thiophene rings is 4.